The predicted molar refractivity (Wildman–Crippen MR) is 83.1 cm³/mol. The van der Waals surface area contributed by atoms with Gasteiger partial charge in [0.15, 0.2) is 5.78 Å². The fraction of sp³-hybridized carbons (Fsp3) is 0.0556. The second kappa shape index (κ2) is 4.63. The van der Waals surface area contributed by atoms with Gasteiger partial charge in [0.05, 0.1) is 11.2 Å². The highest BCUT2D eigenvalue weighted by Crippen LogP contribution is 2.26. The zero-order chi connectivity index (χ0) is 14.2. The fourth-order valence-electron chi connectivity index (χ4n) is 2.63. The van der Waals surface area contributed by atoms with E-state index in [1.54, 1.807) is 6.20 Å². The van der Waals surface area contributed by atoms with Crippen LogP contribution in [0.25, 0.3) is 10.9 Å². The lowest BCUT2D eigenvalue weighted by atomic mass is 9.96. The summed E-state index contributed by atoms with van der Waals surface area (Å²) in [6, 6.07) is 17.6. The zero-order valence-electron chi connectivity index (χ0n) is 11.3. The maximum atomic E-state index is 12.3. The second-order valence-electron chi connectivity index (χ2n) is 5.11. The molecule has 3 nitrogen and oxygen atoms in total. The van der Waals surface area contributed by atoms with Crippen LogP contribution in [0.1, 0.15) is 11.1 Å². The number of carbonyl (C=O) groups is 1. The molecule has 0 bridgehead atoms. The highest BCUT2D eigenvalue weighted by Gasteiger charge is 2.21. The van der Waals surface area contributed by atoms with Gasteiger partial charge in [-0.2, -0.15) is 0 Å². The number of rotatable bonds is 1. The summed E-state index contributed by atoms with van der Waals surface area (Å²) >= 11 is 0. The summed E-state index contributed by atoms with van der Waals surface area (Å²) in [6.45, 7) is 0. The van der Waals surface area contributed by atoms with E-state index in [4.69, 9.17) is 0 Å². The summed E-state index contributed by atoms with van der Waals surface area (Å²) in [5, 5.41) is 1.02. The van der Waals surface area contributed by atoms with Crippen molar-refractivity contribution in [3.8, 4) is 0 Å². The average Bonchev–Trinajstić information content (AvgIpc) is 2.54. The van der Waals surface area contributed by atoms with Crippen LogP contribution >= 0.6 is 0 Å². The fourth-order valence-corrected chi connectivity index (χ4v) is 2.63. The zero-order valence-corrected chi connectivity index (χ0v) is 11.3. The van der Waals surface area contributed by atoms with Crippen LogP contribution in [-0.4, -0.2) is 16.5 Å². The highest BCUT2D eigenvalue weighted by atomic mass is 16.1. The second-order valence-corrected chi connectivity index (χ2v) is 5.11. The third kappa shape index (κ3) is 2.03. The normalized spacial score (nSPS) is 13.9. The summed E-state index contributed by atoms with van der Waals surface area (Å²) in [6.07, 6.45) is 2.13. The van der Waals surface area contributed by atoms with Gasteiger partial charge in [0.1, 0.15) is 5.71 Å². The van der Waals surface area contributed by atoms with Crippen molar-refractivity contribution in [2.45, 2.75) is 6.42 Å². The first-order valence-electron chi connectivity index (χ1n) is 6.86. The molecule has 4 rings (SSSR count). The maximum absolute atomic E-state index is 12.3. The van der Waals surface area contributed by atoms with E-state index < -0.39 is 0 Å². The summed E-state index contributed by atoms with van der Waals surface area (Å²) in [7, 11) is 0. The highest BCUT2D eigenvalue weighted by molar-refractivity contribution is 6.48. The molecule has 0 fully saturated rings. The lowest BCUT2D eigenvalue weighted by Gasteiger charge is -2.14. The molecule has 100 valence electrons. The number of benzene rings is 2. The molecular formula is C18H12N2O. The molecule has 1 aromatic heterocycles. The van der Waals surface area contributed by atoms with E-state index >= 15 is 0 Å². The van der Waals surface area contributed by atoms with Gasteiger partial charge in [0.25, 0.3) is 0 Å². The minimum atomic E-state index is 0.0470. The molecular weight excluding hydrogens is 260 g/mol. The number of para-hydroxylation sites is 2. The molecule has 0 N–H and O–H groups in total. The number of nitrogens with zero attached hydrogens (tertiary/aromatic N) is 2. The van der Waals surface area contributed by atoms with Gasteiger partial charge in [0.2, 0.25) is 0 Å². The van der Waals surface area contributed by atoms with Gasteiger partial charge in [0, 0.05) is 23.6 Å². The molecule has 0 unspecified atom stereocenters. The van der Waals surface area contributed by atoms with Crippen LogP contribution in [0.5, 0.6) is 0 Å². The topological polar surface area (TPSA) is 42.3 Å². The molecule has 0 aliphatic carbocycles. The number of Topliss-reactive ketones (excluding diaryl/α,β-unsaturated/α-hetero) is 1. The molecule has 0 amide bonds. The SMILES string of the molecule is O=C1Cc2ccccc2N=C1c1cnc2ccccc2c1. The van der Waals surface area contributed by atoms with E-state index in [1.165, 1.54) is 0 Å². The first kappa shape index (κ1) is 12.0. The van der Waals surface area contributed by atoms with Crippen molar-refractivity contribution in [1.29, 1.82) is 0 Å². The molecule has 1 aliphatic heterocycles. The van der Waals surface area contributed by atoms with Gasteiger partial charge >= 0.3 is 0 Å². The summed E-state index contributed by atoms with van der Waals surface area (Å²) in [4.78, 5) is 21.3. The molecule has 2 heterocycles. The number of pyridine rings is 1. The Balaban J connectivity index is 1.88. The van der Waals surface area contributed by atoms with Crippen LogP contribution in [0.2, 0.25) is 0 Å². The number of hydrogen-bond acceptors (Lipinski definition) is 3. The molecule has 0 saturated heterocycles. The van der Waals surface area contributed by atoms with Crippen molar-refractivity contribution in [2.24, 2.45) is 4.99 Å². The quantitative estimate of drug-likeness (QED) is 0.680. The van der Waals surface area contributed by atoms with Crippen molar-refractivity contribution in [1.82, 2.24) is 4.98 Å². The standard InChI is InChI=1S/C18H12N2O/c21-17-10-13-6-2-4-8-16(13)20-18(17)14-9-12-5-1-3-7-15(12)19-11-14/h1-9,11H,10H2. The van der Waals surface area contributed by atoms with Crippen LogP contribution in [0.15, 0.2) is 65.8 Å². The minimum absolute atomic E-state index is 0.0470. The molecule has 0 atom stereocenters. The molecule has 0 radical (unpaired) electrons. The van der Waals surface area contributed by atoms with Crippen LogP contribution in [0.4, 0.5) is 5.69 Å². The van der Waals surface area contributed by atoms with Crippen molar-refractivity contribution in [2.75, 3.05) is 0 Å². The smallest absolute Gasteiger partial charge is 0.186 e. The number of ketones is 1. The third-order valence-electron chi connectivity index (χ3n) is 3.70. The van der Waals surface area contributed by atoms with Gasteiger partial charge < -0.3 is 0 Å². The summed E-state index contributed by atoms with van der Waals surface area (Å²) < 4.78 is 0. The Morgan fingerprint density at radius 3 is 2.71 bits per heavy atom. The van der Waals surface area contributed by atoms with E-state index in [0.29, 0.717) is 12.1 Å². The molecule has 0 saturated carbocycles. The molecule has 3 heteroatoms. The van der Waals surface area contributed by atoms with E-state index in [0.717, 1.165) is 27.7 Å². The minimum Gasteiger partial charge on any atom is -0.292 e. The number of hydrogen-bond donors (Lipinski definition) is 0. The number of fused-ring (bicyclic) bond motifs is 2. The lowest BCUT2D eigenvalue weighted by molar-refractivity contribution is -0.112. The number of carbonyl (C=O) groups excluding carboxylic acids is 1. The van der Waals surface area contributed by atoms with Crippen LogP contribution in [-0.2, 0) is 11.2 Å². The lowest BCUT2D eigenvalue weighted by Crippen LogP contribution is -2.21. The average molecular weight is 272 g/mol. The van der Waals surface area contributed by atoms with Gasteiger partial charge in [-0.1, -0.05) is 36.4 Å². The Morgan fingerprint density at radius 2 is 1.76 bits per heavy atom. The van der Waals surface area contributed by atoms with E-state index in [2.05, 4.69) is 9.98 Å². The molecule has 1 aliphatic rings. The van der Waals surface area contributed by atoms with E-state index in [9.17, 15) is 4.79 Å². The Bertz CT molecular complexity index is 896. The van der Waals surface area contributed by atoms with E-state index in [-0.39, 0.29) is 5.78 Å². The van der Waals surface area contributed by atoms with Crippen LogP contribution in [0.3, 0.4) is 0 Å². The van der Waals surface area contributed by atoms with Crippen LogP contribution in [0, 0.1) is 0 Å². The molecule has 0 spiro atoms. The maximum Gasteiger partial charge on any atom is 0.186 e. The number of aromatic nitrogens is 1. The van der Waals surface area contributed by atoms with E-state index in [1.807, 2.05) is 54.6 Å². The molecule has 3 aromatic rings. The van der Waals surface area contributed by atoms with Gasteiger partial charge in [-0.05, 0) is 23.8 Å². The Labute approximate surface area is 122 Å². The summed E-state index contributed by atoms with van der Waals surface area (Å²) in [5.41, 5.74) is 4.07. The Hall–Kier alpha value is -2.81. The number of aliphatic imine (C=N–C) groups is 1. The van der Waals surface area contributed by atoms with Gasteiger partial charge in [-0.3, -0.25) is 9.78 Å². The third-order valence-corrected chi connectivity index (χ3v) is 3.70. The van der Waals surface area contributed by atoms with Gasteiger partial charge in [-0.15, -0.1) is 0 Å². The monoisotopic (exact) mass is 272 g/mol. The molecule has 2 aromatic carbocycles. The first-order valence-corrected chi connectivity index (χ1v) is 6.86. The largest absolute Gasteiger partial charge is 0.292 e. The van der Waals surface area contributed by atoms with Crippen LogP contribution < -0.4 is 0 Å². The molecule has 21 heavy (non-hydrogen) atoms. The van der Waals surface area contributed by atoms with Gasteiger partial charge in [-0.25, -0.2) is 4.99 Å². The Kier molecular flexibility index (Phi) is 2.64. The summed E-state index contributed by atoms with van der Waals surface area (Å²) in [5.74, 6) is 0.0470. The van der Waals surface area contributed by atoms with Crippen molar-refractivity contribution in [3.05, 3.63) is 71.9 Å². The van der Waals surface area contributed by atoms with Crippen molar-refractivity contribution < 1.29 is 4.79 Å². The first-order chi connectivity index (χ1) is 10.3. The predicted octanol–water partition coefficient (Wildman–Crippen LogP) is 3.48. The van der Waals surface area contributed by atoms with Crippen molar-refractivity contribution >= 4 is 28.1 Å². The van der Waals surface area contributed by atoms with Crippen molar-refractivity contribution in [3.63, 3.8) is 0 Å². The Morgan fingerprint density at radius 1 is 0.952 bits per heavy atom.